The zero-order chi connectivity index (χ0) is 11.0. The predicted molar refractivity (Wildman–Crippen MR) is 64.4 cm³/mol. The van der Waals surface area contributed by atoms with Gasteiger partial charge in [-0.2, -0.15) is 0 Å². The maximum absolute atomic E-state index is 10.7. The molecule has 0 radical (unpaired) electrons. The average Bonchev–Trinajstić information content (AvgIpc) is 3.12. The summed E-state index contributed by atoms with van der Waals surface area (Å²) in [5.74, 6) is 0. The van der Waals surface area contributed by atoms with E-state index in [1.54, 1.807) is 0 Å². The molecule has 1 aromatic rings. The molecule has 1 fully saturated rings. The quantitative estimate of drug-likeness (QED) is 0.592. The van der Waals surface area contributed by atoms with E-state index in [9.17, 15) is 4.79 Å². The molecule has 0 atom stereocenters. The van der Waals surface area contributed by atoms with Crippen LogP contribution in [0.2, 0.25) is 0 Å². The van der Waals surface area contributed by atoms with Crippen LogP contribution in [0.5, 0.6) is 0 Å². The lowest BCUT2D eigenvalue weighted by atomic mass is 10.0. The summed E-state index contributed by atoms with van der Waals surface area (Å²) >= 11 is 1.99. The molecule has 1 saturated carbocycles. The lowest BCUT2D eigenvalue weighted by Crippen LogP contribution is -2.25. The highest BCUT2D eigenvalue weighted by Gasteiger charge is 2.27. The van der Waals surface area contributed by atoms with Gasteiger partial charge in [-0.05, 0) is 36.5 Å². The van der Waals surface area contributed by atoms with Gasteiger partial charge < -0.3 is 0 Å². The van der Waals surface area contributed by atoms with Crippen molar-refractivity contribution >= 4 is 18.2 Å². The van der Waals surface area contributed by atoms with Gasteiger partial charge in [0.2, 0.25) is 0 Å². The molecule has 0 aromatic carbocycles. The van der Waals surface area contributed by atoms with Crippen LogP contribution >= 0.6 is 11.9 Å². The third kappa shape index (κ3) is 2.13. The Labute approximate surface area is 99.4 Å². The number of pyridine rings is 1. The fourth-order valence-corrected chi connectivity index (χ4v) is 3.15. The van der Waals surface area contributed by atoms with Gasteiger partial charge in [0.05, 0.1) is 0 Å². The Morgan fingerprint density at radius 2 is 2.31 bits per heavy atom. The fraction of sp³-hybridized carbons (Fsp3) is 0.500. The predicted octanol–water partition coefficient (Wildman–Crippen LogP) is 2.06. The molecule has 0 N–H and O–H groups in total. The van der Waals surface area contributed by atoms with Crippen LogP contribution in [0.4, 0.5) is 0 Å². The fourth-order valence-electron chi connectivity index (χ4n) is 1.97. The van der Waals surface area contributed by atoms with Crippen molar-refractivity contribution < 1.29 is 4.79 Å². The van der Waals surface area contributed by atoms with Crippen LogP contribution in [0, 0.1) is 0 Å². The Kier molecular flexibility index (Phi) is 2.69. The van der Waals surface area contributed by atoms with Crippen LogP contribution in [-0.4, -0.2) is 27.4 Å². The van der Waals surface area contributed by atoms with E-state index in [0.29, 0.717) is 5.69 Å². The Morgan fingerprint density at radius 1 is 1.44 bits per heavy atom. The summed E-state index contributed by atoms with van der Waals surface area (Å²) in [6.07, 6.45) is 6.47. The number of hydrogen-bond acceptors (Lipinski definition) is 4. The molecule has 2 heterocycles. The number of nitrogens with zero attached hydrogens (tertiary/aromatic N) is 2. The number of hydrogen-bond donors (Lipinski definition) is 0. The highest BCUT2D eigenvalue weighted by molar-refractivity contribution is 7.97. The molecule has 0 saturated heterocycles. The smallest absolute Gasteiger partial charge is 0.168 e. The number of fused-ring (bicyclic) bond motifs is 1. The SMILES string of the molecule is O=Cc1cc2c(cn1)CCN(SC1CC1)C2. The molecule has 1 aliphatic heterocycles. The minimum absolute atomic E-state index is 0.553. The summed E-state index contributed by atoms with van der Waals surface area (Å²) in [6.45, 7) is 2.07. The number of aromatic nitrogens is 1. The third-order valence-electron chi connectivity index (χ3n) is 3.02. The second-order valence-electron chi connectivity index (χ2n) is 4.41. The summed E-state index contributed by atoms with van der Waals surface area (Å²) in [4.78, 5) is 14.8. The molecule has 0 bridgehead atoms. The van der Waals surface area contributed by atoms with Crippen LogP contribution in [0.3, 0.4) is 0 Å². The first-order valence-corrected chi connectivity index (χ1v) is 6.53. The van der Waals surface area contributed by atoms with E-state index in [-0.39, 0.29) is 0 Å². The van der Waals surface area contributed by atoms with Gasteiger partial charge in [0.15, 0.2) is 6.29 Å². The lowest BCUT2D eigenvalue weighted by Gasteiger charge is -2.27. The summed E-state index contributed by atoms with van der Waals surface area (Å²) in [7, 11) is 0. The average molecular weight is 234 g/mol. The molecular weight excluding hydrogens is 220 g/mol. The van der Waals surface area contributed by atoms with Crippen molar-refractivity contribution in [1.29, 1.82) is 0 Å². The third-order valence-corrected chi connectivity index (χ3v) is 4.40. The van der Waals surface area contributed by atoms with E-state index in [1.807, 2.05) is 24.2 Å². The summed E-state index contributed by atoms with van der Waals surface area (Å²) in [5, 5.41) is 0.855. The monoisotopic (exact) mass is 234 g/mol. The van der Waals surface area contributed by atoms with Gasteiger partial charge in [-0.25, -0.2) is 4.31 Å². The van der Waals surface area contributed by atoms with Crippen LogP contribution < -0.4 is 0 Å². The molecule has 3 nitrogen and oxygen atoms in total. The molecule has 2 aliphatic rings. The van der Waals surface area contributed by atoms with E-state index in [0.717, 1.165) is 31.0 Å². The maximum atomic E-state index is 10.7. The molecular formula is C12H14N2OS. The first-order chi connectivity index (χ1) is 7.85. The largest absolute Gasteiger partial charge is 0.296 e. The van der Waals surface area contributed by atoms with Crippen molar-refractivity contribution in [2.24, 2.45) is 0 Å². The number of rotatable bonds is 3. The molecule has 0 unspecified atom stereocenters. The molecule has 1 aromatic heterocycles. The van der Waals surface area contributed by atoms with Crippen LogP contribution in [0.15, 0.2) is 12.3 Å². The molecule has 0 amide bonds. The zero-order valence-electron chi connectivity index (χ0n) is 9.06. The Morgan fingerprint density at radius 3 is 3.06 bits per heavy atom. The standard InChI is InChI=1S/C12H14N2OS/c15-8-11-5-10-7-14(16-12-1-2-12)4-3-9(10)6-13-11/h5-6,8,12H,1-4,7H2. The van der Waals surface area contributed by atoms with Gasteiger partial charge in [-0.15, -0.1) is 0 Å². The van der Waals surface area contributed by atoms with Crippen LogP contribution in [0.25, 0.3) is 0 Å². The van der Waals surface area contributed by atoms with E-state index in [1.165, 1.54) is 24.0 Å². The van der Waals surface area contributed by atoms with Gasteiger partial charge in [0, 0.05) is 24.5 Å². The second-order valence-corrected chi connectivity index (χ2v) is 5.81. The van der Waals surface area contributed by atoms with Crippen LogP contribution in [-0.2, 0) is 13.0 Å². The zero-order valence-corrected chi connectivity index (χ0v) is 9.87. The number of carbonyl (C=O) groups excluding carboxylic acids is 1. The number of carbonyl (C=O) groups is 1. The Balaban J connectivity index is 1.77. The van der Waals surface area contributed by atoms with Crippen molar-refractivity contribution in [2.75, 3.05) is 6.54 Å². The van der Waals surface area contributed by atoms with Crippen molar-refractivity contribution in [1.82, 2.24) is 9.29 Å². The second kappa shape index (κ2) is 4.18. The van der Waals surface area contributed by atoms with Gasteiger partial charge in [-0.3, -0.25) is 9.78 Å². The first kappa shape index (κ1) is 10.3. The lowest BCUT2D eigenvalue weighted by molar-refractivity contribution is 0.111. The van der Waals surface area contributed by atoms with Gasteiger partial charge in [0.1, 0.15) is 5.69 Å². The van der Waals surface area contributed by atoms with Crippen molar-refractivity contribution in [3.63, 3.8) is 0 Å². The molecule has 3 rings (SSSR count). The summed E-state index contributed by atoms with van der Waals surface area (Å²) in [5.41, 5.74) is 3.13. The molecule has 4 heteroatoms. The van der Waals surface area contributed by atoms with Gasteiger partial charge in [0.25, 0.3) is 0 Å². The van der Waals surface area contributed by atoms with E-state index < -0.39 is 0 Å². The Bertz CT molecular complexity index is 417. The van der Waals surface area contributed by atoms with Gasteiger partial charge >= 0.3 is 0 Å². The highest BCUT2D eigenvalue weighted by Crippen LogP contribution is 2.38. The summed E-state index contributed by atoms with van der Waals surface area (Å²) in [6, 6.07) is 1.93. The molecule has 16 heavy (non-hydrogen) atoms. The minimum Gasteiger partial charge on any atom is -0.296 e. The normalized spacial score (nSPS) is 20.5. The van der Waals surface area contributed by atoms with Crippen molar-refractivity contribution in [3.05, 3.63) is 29.1 Å². The molecule has 1 aliphatic carbocycles. The van der Waals surface area contributed by atoms with Crippen molar-refractivity contribution in [2.45, 2.75) is 31.1 Å². The van der Waals surface area contributed by atoms with E-state index in [4.69, 9.17) is 0 Å². The Hall–Kier alpha value is -0.870. The number of aldehydes is 1. The summed E-state index contributed by atoms with van der Waals surface area (Å²) < 4.78 is 2.43. The highest BCUT2D eigenvalue weighted by atomic mass is 32.2. The molecule has 0 spiro atoms. The van der Waals surface area contributed by atoms with E-state index in [2.05, 4.69) is 9.29 Å². The molecule has 84 valence electrons. The first-order valence-electron chi connectivity index (χ1n) is 5.70. The maximum Gasteiger partial charge on any atom is 0.168 e. The van der Waals surface area contributed by atoms with E-state index >= 15 is 0 Å². The van der Waals surface area contributed by atoms with Crippen LogP contribution in [0.1, 0.15) is 34.5 Å². The van der Waals surface area contributed by atoms with Crippen molar-refractivity contribution in [3.8, 4) is 0 Å². The van der Waals surface area contributed by atoms with Gasteiger partial charge in [-0.1, -0.05) is 11.9 Å². The minimum atomic E-state index is 0.553. The topological polar surface area (TPSA) is 33.2 Å².